The first-order chi connectivity index (χ1) is 12.9. The quantitative estimate of drug-likeness (QED) is 0.611. The van der Waals surface area contributed by atoms with E-state index in [9.17, 15) is 9.59 Å². The standard InChI is InChI=1S/C20H21N3O2S2/c1-13(2)23(11-18(21)24)19(25)15-9-7-14(8-10-15)12-26-20-22-16-5-3-4-6-17(16)27-20/h3-10,13H,11-12H2,1-2H3,(H2,21,24). The van der Waals surface area contributed by atoms with Gasteiger partial charge in [0.05, 0.1) is 16.8 Å². The van der Waals surface area contributed by atoms with E-state index in [2.05, 4.69) is 11.1 Å². The van der Waals surface area contributed by atoms with Gasteiger partial charge in [-0.25, -0.2) is 4.98 Å². The van der Waals surface area contributed by atoms with Crippen molar-refractivity contribution in [3.63, 3.8) is 0 Å². The molecule has 0 atom stereocenters. The summed E-state index contributed by atoms with van der Waals surface area (Å²) < 4.78 is 2.22. The molecule has 0 radical (unpaired) electrons. The Kier molecular flexibility index (Phi) is 6.13. The van der Waals surface area contributed by atoms with Crippen molar-refractivity contribution in [1.29, 1.82) is 0 Å². The minimum atomic E-state index is -0.513. The van der Waals surface area contributed by atoms with Gasteiger partial charge >= 0.3 is 0 Å². The number of benzene rings is 2. The van der Waals surface area contributed by atoms with Gasteiger partial charge in [0.2, 0.25) is 5.91 Å². The number of nitrogens with two attached hydrogens (primary N) is 1. The largest absolute Gasteiger partial charge is 0.368 e. The molecule has 0 saturated carbocycles. The van der Waals surface area contributed by atoms with Gasteiger partial charge in [0, 0.05) is 17.4 Å². The third kappa shape index (κ3) is 4.87. The van der Waals surface area contributed by atoms with Crippen LogP contribution in [0, 0.1) is 0 Å². The number of amides is 2. The minimum absolute atomic E-state index is 0.0777. The van der Waals surface area contributed by atoms with Crippen LogP contribution in [0.25, 0.3) is 10.2 Å². The van der Waals surface area contributed by atoms with Crippen LogP contribution in [0.4, 0.5) is 0 Å². The number of thiazole rings is 1. The van der Waals surface area contributed by atoms with Crippen LogP contribution in [0.1, 0.15) is 29.8 Å². The maximum atomic E-state index is 12.6. The Hall–Kier alpha value is -2.38. The number of carbonyl (C=O) groups is 2. The van der Waals surface area contributed by atoms with Crippen molar-refractivity contribution >= 4 is 45.1 Å². The molecule has 1 aromatic heterocycles. The van der Waals surface area contributed by atoms with Crippen LogP contribution in [-0.2, 0) is 10.5 Å². The lowest BCUT2D eigenvalue weighted by Gasteiger charge is -2.25. The summed E-state index contributed by atoms with van der Waals surface area (Å²) in [5.74, 6) is 0.0822. The van der Waals surface area contributed by atoms with E-state index in [4.69, 9.17) is 5.73 Å². The van der Waals surface area contributed by atoms with E-state index in [1.165, 1.54) is 9.60 Å². The summed E-state index contributed by atoms with van der Waals surface area (Å²) in [7, 11) is 0. The van der Waals surface area contributed by atoms with Gasteiger partial charge in [-0.05, 0) is 43.7 Å². The molecular weight excluding hydrogens is 378 g/mol. The molecule has 2 aromatic carbocycles. The number of primary amides is 1. The number of para-hydroxylation sites is 1. The summed E-state index contributed by atoms with van der Waals surface area (Å²) in [6, 6.07) is 15.5. The fourth-order valence-corrected chi connectivity index (χ4v) is 4.65. The first-order valence-electron chi connectivity index (χ1n) is 8.60. The smallest absolute Gasteiger partial charge is 0.254 e. The Morgan fingerprint density at radius 2 is 1.85 bits per heavy atom. The van der Waals surface area contributed by atoms with E-state index < -0.39 is 5.91 Å². The molecule has 3 rings (SSSR count). The summed E-state index contributed by atoms with van der Waals surface area (Å²) >= 11 is 3.37. The molecule has 0 saturated heterocycles. The molecule has 0 aliphatic rings. The lowest BCUT2D eigenvalue weighted by atomic mass is 10.1. The lowest BCUT2D eigenvalue weighted by molar-refractivity contribution is -0.119. The Balaban J connectivity index is 1.65. The maximum absolute atomic E-state index is 12.6. The van der Waals surface area contributed by atoms with Gasteiger partial charge in [0.1, 0.15) is 0 Å². The molecule has 2 amide bonds. The molecular formula is C20H21N3O2S2. The van der Waals surface area contributed by atoms with Crippen molar-refractivity contribution in [2.24, 2.45) is 5.73 Å². The highest BCUT2D eigenvalue weighted by atomic mass is 32.2. The van der Waals surface area contributed by atoms with Crippen molar-refractivity contribution in [2.45, 2.75) is 30.0 Å². The van der Waals surface area contributed by atoms with Crippen molar-refractivity contribution in [2.75, 3.05) is 6.54 Å². The van der Waals surface area contributed by atoms with Crippen LogP contribution in [0.3, 0.4) is 0 Å². The average Bonchev–Trinajstić information content (AvgIpc) is 3.07. The van der Waals surface area contributed by atoms with Crippen LogP contribution < -0.4 is 5.73 Å². The van der Waals surface area contributed by atoms with Gasteiger partial charge in [-0.1, -0.05) is 36.0 Å². The van der Waals surface area contributed by atoms with Gasteiger partial charge in [0.25, 0.3) is 5.91 Å². The van der Waals surface area contributed by atoms with E-state index in [0.717, 1.165) is 21.2 Å². The molecule has 5 nitrogen and oxygen atoms in total. The second-order valence-corrected chi connectivity index (χ2v) is 8.68. The average molecular weight is 400 g/mol. The molecule has 0 aliphatic carbocycles. The normalized spacial score (nSPS) is 11.1. The number of nitrogens with zero attached hydrogens (tertiary/aromatic N) is 2. The van der Waals surface area contributed by atoms with Crippen molar-refractivity contribution in [3.8, 4) is 0 Å². The predicted octanol–water partition coefficient (Wildman–Crippen LogP) is 3.92. The fraction of sp³-hybridized carbons (Fsp3) is 0.250. The number of hydrogen-bond acceptors (Lipinski definition) is 5. The van der Waals surface area contributed by atoms with Crippen molar-refractivity contribution < 1.29 is 9.59 Å². The highest BCUT2D eigenvalue weighted by Crippen LogP contribution is 2.31. The van der Waals surface area contributed by atoms with Gasteiger partial charge in [-0.2, -0.15) is 0 Å². The molecule has 3 aromatic rings. The number of carbonyl (C=O) groups excluding carboxylic acids is 2. The monoisotopic (exact) mass is 399 g/mol. The number of aromatic nitrogens is 1. The van der Waals surface area contributed by atoms with E-state index in [1.807, 2.05) is 44.2 Å². The second kappa shape index (κ2) is 8.54. The Labute approximate surface area is 166 Å². The van der Waals surface area contributed by atoms with E-state index in [0.29, 0.717) is 5.56 Å². The number of fused-ring (bicyclic) bond motifs is 1. The van der Waals surface area contributed by atoms with Gasteiger partial charge in [0.15, 0.2) is 4.34 Å². The van der Waals surface area contributed by atoms with Crippen LogP contribution >= 0.6 is 23.1 Å². The van der Waals surface area contributed by atoms with E-state index in [1.54, 1.807) is 35.2 Å². The third-order valence-electron chi connectivity index (χ3n) is 4.05. The zero-order valence-electron chi connectivity index (χ0n) is 15.2. The minimum Gasteiger partial charge on any atom is -0.368 e. The fourth-order valence-electron chi connectivity index (χ4n) is 2.62. The molecule has 2 N–H and O–H groups in total. The lowest BCUT2D eigenvalue weighted by Crippen LogP contribution is -2.42. The van der Waals surface area contributed by atoms with Crippen LogP contribution in [-0.4, -0.2) is 34.3 Å². The summed E-state index contributed by atoms with van der Waals surface area (Å²) in [5, 5.41) is 0. The third-order valence-corrected chi connectivity index (χ3v) is 6.30. The molecule has 7 heteroatoms. The Morgan fingerprint density at radius 3 is 2.48 bits per heavy atom. The Bertz CT molecular complexity index is 918. The summed E-state index contributed by atoms with van der Waals surface area (Å²) in [5.41, 5.74) is 7.94. The van der Waals surface area contributed by atoms with Gasteiger partial charge in [-0.15, -0.1) is 11.3 Å². The molecule has 0 fully saturated rings. The molecule has 0 bridgehead atoms. The van der Waals surface area contributed by atoms with Crippen molar-refractivity contribution in [3.05, 3.63) is 59.7 Å². The topological polar surface area (TPSA) is 76.3 Å². The van der Waals surface area contributed by atoms with Gasteiger partial charge < -0.3 is 10.6 Å². The molecule has 0 unspecified atom stereocenters. The molecule has 1 heterocycles. The van der Waals surface area contributed by atoms with Gasteiger partial charge in [-0.3, -0.25) is 9.59 Å². The summed E-state index contributed by atoms with van der Waals surface area (Å²) in [6.45, 7) is 3.65. The summed E-state index contributed by atoms with van der Waals surface area (Å²) in [6.07, 6.45) is 0. The first-order valence-corrected chi connectivity index (χ1v) is 10.4. The molecule has 0 spiro atoms. The molecule has 27 heavy (non-hydrogen) atoms. The van der Waals surface area contributed by atoms with Crippen LogP contribution in [0.2, 0.25) is 0 Å². The Morgan fingerprint density at radius 1 is 1.15 bits per heavy atom. The van der Waals surface area contributed by atoms with E-state index >= 15 is 0 Å². The highest BCUT2D eigenvalue weighted by molar-refractivity contribution is 8.00. The maximum Gasteiger partial charge on any atom is 0.254 e. The molecule has 0 aliphatic heterocycles. The zero-order chi connectivity index (χ0) is 19.4. The van der Waals surface area contributed by atoms with Crippen LogP contribution in [0.5, 0.6) is 0 Å². The van der Waals surface area contributed by atoms with Crippen molar-refractivity contribution in [1.82, 2.24) is 9.88 Å². The molecule has 140 valence electrons. The summed E-state index contributed by atoms with van der Waals surface area (Å²) in [4.78, 5) is 29.9. The van der Waals surface area contributed by atoms with Crippen LogP contribution in [0.15, 0.2) is 52.9 Å². The zero-order valence-corrected chi connectivity index (χ0v) is 16.8. The predicted molar refractivity (Wildman–Crippen MR) is 111 cm³/mol. The number of hydrogen-bond donors (Lipinski definition) is 1. The second-order valence-electron chi connectivity index (χ2n) is 6.43. The number of rotatable bonds is 7. The highest BCUT2D eigenvalue weighted by Gasteiger charge is 2.20. The first kappa shape index (κ1) is 19.4. The SMILES string of the molecule is CC(C)N(CC(N)=O)C(=O)c1ccc(CSc2nc3ccccc3s2)cc1. The van der Waals surface area contributed by atoms with E-state index in [-0.39, 0.29) is 18.5 Å². The number of thioether (sulfide) groups is 1.